The normalized spacial score (nSPS) is 36.5. The number of aliphatic hydroxyl groups is 1. The minimum absolute atomic E-state index is 0.416. The van der Waals surface area contributed by atoms with E-state index in [0.29, 0.717) is 6.04 Å². The third-order valence-electron chi connectivity index (χ3n) is 4.90. The zero-order chi connectivity index (χ0) is 12.3. The molecule has 0 radical (unpaired) electrons. The second-order valence-corrected chi connectivity index (χ2v) is 6.72. The fourth-order valence-electron chi connectivity index (χ4n) is 3.15. The quantitative estimate of drug-likeness (QED) is 0.772. The number of nitrogens with one attached hydrogen (secondary N) is 1. The second-order valence-electron chi connectivity index (χ2n) is 6.72. The molecule has 2 fully saturated rings. The highest BCUT2D eigenvalue weighted by molar-refractivity contribution is 4.87. The molecule has 1 unspecified atom stereocenters. The van der Waals surface area contributed by atoms with E-state index in [1.54, 1.807) is 0 Å². The zero-order valence-corrected chi connectivity index (χ0v) is 11.5. The summed E-state index contributed by atoms with van der Waals surface area (Å²) >= 11 is 0. The van der Waals surface area contributed by atoms with Crippen LogP contribution in [-0.4, -0.2) is 23.3 Å². The van der Waals surface area contributed by atoms with Gasteiger partial charge < -0.3 is 10.4 Å². The summed E-state index contributed by atoms with van der Waals surface area (Å²) in [6.45, 7) is 5.37. The van der Waals surface area contributed by atoms with Crippen molar-refractivity contribution >= 4 is 0 Å². The summed E-state index contributed by atoms with van der Waals surface area (Å²) in [4.78, 5) is 0. The molecule has 100 valence electrons. The average molecular weight is 239 g/mol. The highest BCUT2D eigenvalue weighted by Gasteiger charge is 2.32. The highest BCUT2D eigenvalue weighted by Crippen LogP contribution is 2.32. The molecular formula is C15H29NO. The van der Waals surface area contributed by atoms with Gasteiger partial charge in [0.25, 0.3) is 0 Å². The van der Waals surface area contributed by atoms with Crippen LogP contribution < -0.4 is 5.32 Å². The summed E-state index contributed by atoms with van der Waals surface area (Å²) in [6.07, 6.45) is 9.92. The first kappa shape index (κ1) is 13.4. The van der Waals surface area contributed by atoms with Crippen molar-refractivity contribution in [1.29, 1.82) is 0 Å². The van der Waals surface area contributed by atoms with Crippen LogP contribution >= 0.6 is 0 Å². The number of hydrogen-bond donors (Lipinski definition) is 2. The Hall–Kier alpha value is -0.0800. The third kappa shape index (κ3) is 3.96. The highest BCUT2D eigenvalue weighted by atomic mass is 16.3. The van der Waals surface area contributed by atoms with Crippen LogP contribution in [0.1, 0.15) is 65.2 Å². The van der Waals surface area contributed by atoms with Gasteiger partial charge in [0.15, 0.2) is 0 Å². The van der Waals surface area contributed by atoms with Crippen LogP contribution in [0.15, 0.2) is 0 Å². The summed E-state index contributed by atoms with van der Waals surface area (Å²) in [6, 6.07) is 0.573. The fourth-order valence-corrected chi connectivity index (χ4v) is 3.15. The molecule has 0 aliphatic heterocycles. The first-order valence-electron chi connectivity index (χ1n) is 7.53. The van der Waals surface area contributed by atoms with Gasteiger partial charge in [0.1, 0.15) is 0 Å². The van der Waals surface area contributed by atoms with Gasteiger partial charge in [-0.3, -0.25) is 0 Å². The van der Waals surface area contributed by atoms with Gasteiger partial charge in [-0.15, -0.1) is 0 Å². The Labute approximate surface area is 106 Å². The summed E-state index contributed by atoms with van der Waals surface area (Å²) in [5, 5.41) is 14.0. The molecule has 0 spiro atoms. The van der Waals surface area contributed by atoms with Crippen molar-refractivity contribution < 1.29 is 5.11 Å². The Morgan fingerprint density at radius 1 is 1.24 bits per heavy atom. The summed E-state index contributed by atoms with van der Waals surface area (Å²) in [7, 11) is 0. The SMILES string of the molecule is CC1CCC(O)(CNC(C)CC2CCC2)CC1. The van der Waals surface area contributed by atoms with Crippen molar-refractivity contribution in [3.8, 4) is 0 Å². The van der Waals surface area contributed by atoms with E-state index < -0.39 is 5.60 Å². The fraction of sp³-hybridized carbons (Fsp3) is 1.00. The predicted octanol–water partition coefficient (Wildman–Crippen LogP) is 3.10. The first-order chi connectivity index (χ1) is 8.07. The van der Waals surface area contributed by atoms with Crippen LogP contribution in [0.3, 0.4) is 0 Å². The van der Waals surface area contributed by atoms with E-state index >= 15 is 0 Å². The van der Waals surface area contributed by atoms with Gasteiger partial charge in [-0.1, -0.05) is 26.2 Å². The Balaban J connectivity index is 1.65. The molecule has 0 heterocycles. The first-order valence-corrected chi connectivity index (χ1v) is 7.53. The molecule has 2 heteroatoms. The van der Waals surface area contributed by atoms with Crippen molar-refractivity contribution in [3.63, 3.8) is 0 Å². The standard InChI is InChI=1S/C15H29NO/c1-12-6-8-15(17,9-7-12)11-16-13(2)10-14-4-3-5-14/h12-14,16-17H,3-11H2,1-2H3. The van der Waals surface area contributed by atoms with E-state index in [9.17, 15) is 5.11 Å². The van der Waals surface area contributed by atoms with Crippen molar-refractivity contribution in [2.24, 2.45) is 11.8 Å². The lowest BCUT2D eigenvalue weighted by atomic mass is 9.79. The van der Waals surface area contributed by atoms with Crippen molar-refractivity contribution in [3.05, 3.63) is 0 Å². The van der Waals surface area contributed by atoms with Crippen LogP contribution in [0.4, 0.5) is 0 Å². The molecule has 0 aromatic carbocycles. The molecule has 17 heavy (non-hydrogen) atoms. The van der Waals surface area contributed by atoms with Gasteiger partial charge >= 0.3 is 0 Å². The van der Waals surface area contributed by atoms with Gasteiger partial charge in [-0.2, -0.15) is 0 Å². The maximum absolute atomic E-state index is 10.5. The zero-order valence-electron chi connectivity index (χ0n) is 11.5. The predicted molar refractivity (Wildman–Crippen MR) is 72.0 cm³/mol. The van der Waals surface area contributed by atoms with Crippen LogP contribution in [0.2, 0.25) is 0 Å². The molecule has 2 N–H and O–H groups in total. The van der Waals surface area contributed by atoms with E-state index in [-0.39, 0.29) is 0 Å². The van der Waals surface area contributed by atoms with Crippen LogP contribution in [0.25, 0.3) is 0 Å². The maximum Gasteiger partial charge on any atom is 0.0771 e. The second kappa shape index (κ2) is 5.71. The largest absolute Gasteiger partial charge is 0.389 e. The Morgan fingerprint density at radius 3 is 2.41 bits per heavy atom. The minimum atomic E-state index is -0.416. The molecule has 2 nitrogen and oxygen atoms in total. The topological polar surface area (TPSA) is 32.3 Å². The van der Waals surface area contributed by atoms with Crippen molar-refractivity contribution in [2.45, 2.75) is 76.9 Å². The lowest BCUT2D eigenvalue weighted by molar-refractivity contribution is -0.00855. The Bertz CT molecular complexity index is 229. The molecule has 0 saturated heterocycles. The van der Waals surface area contributed by atoms with E-state index in [4.69, 9.17) is 0 Å². The van der Waals surface area contributed by atoms with Gasteiger partial charge in [0.05, 0.1) is 5.60 Å². The third-order valence-corrected chi connectivity index (χ3v) is 4.90. The number of hydrogen-bond acceptors (Lipinski definition) is 2. The summed E-state index contributed by atoms with van der Waals surface area (Å²) in [5.74, 6) is 1.76. The molecule has 2 saturated carbocycles. The molecule has 0 aromatic rings. The molecule has 0 bridgehead atoms. The molecule has 2 aliphatic rings. The molecule has 2 rings (SSSR count). The summed E-state index contributed by atoms with van der Waals surface area (Å²) < 4.78 is 0. The van der Waals surface area contributed by atoms with Crippen molar-refractivity contribution in [1.82, 2.24) is 5.32 Å². The lowest BCUT2D eigenvalue weighted by Crippen LogP contribution is -2.46. The monoisotopic (exact) mass is 239 g/mol. The minimum Gasteiger partial charge on any atom is -0.389 e. The molecule has 1 atom stereocenters. The molecular weight excluding hydrogens is 210 g/mol. The van der Waals surface area contributed by atoms with E-state index in [0.717, 1.165) is 31.2 Å². The van der Waals surface area contributed by atoms with E-state index in [2.05, 4.69) is 19.2 Å². The maximum atomic E-state index is 10.5. The Kier molecular flexibility index (Phi) is 4.48. The van der Waals surface area contributed by atoms with Gasteiger partial charge in [-0.25, -0.2) is 0 Å². The summed E-state index contributed by atoms with van der Waals surface area (Å²) in [5.41, 5.74) is -0.416. The molecule has 2 aliphatic carbocycles. The average Bonchev–Trinajstić information content (AvgIpc) is 2.26. The van der Waals surface area contributed by atoms with Crippen LogP contribution in [-0.2, 0) is 0 Å². The van der Waals surface area contributed by atoms with Crippen LogP contribution in [0, 0.1) is 11.8 Å². The Morgan fingerprint density at radius 2 is 1.88 bits per heavy atom. The smallest absolute Gasteiger partial charge is 0.0771 e. The lowest BCUT2D eigenvalue weighted by Gasteiger charge is -2.36. The van der Waals surface area contributed by atoms with Gasteiger partial charge in [0.2, 0.25) is 0 Å². The van der Waals surface area contributed by atoms with E-state index in [1.165, 1.54) is 38.5 Å². The van der Waals surface area contributed by atoms with E-state index in [1.807, 2.05) is 0 Å². The van der Waals surface area contributed by atoms with Crippen LogP contribution in [0.5, 0.6) is 0 Å². The number of rotatable bonds is 5. The molecule has 0 amide bonds. The molecule has 0 aromatic heterocycles. The van der Waals surface area contributed by atoms with Crippen molar-refractivity contribution in [2.75, 3.05) is 6.54 Å². The van der Waals surface area contributed by atoms with Gasteiger partial charge in [-0.05, 0) is 50.9 Å². The van der Waals surface area contributed by atoms with Gasteiger partial charge in [0, 0.05) is 12.6 Å².